The zero-order valence-corrected chi connectivity index (χ0v) is 16.0. The summed E-state index contributed by atoms with van der Waals surface area (Å²) in [5, 5.41) is 5.61. The highest BCUT2D eigenvalue weighted by molar-refractivity contribution is 5.95. The van der Waals surface area contributed by atoms with E-state index in [4.69, 9.17) is 5.73 Å². The summed E-state index contributed by atoms with van der Waals surface area (Å²) in [5.41, 5.74) is 10.4. The highest BCUT2D eigenvalue weighted by Crippen LogP contribution is 2.21. The Balaban J connectivity index is 1.53. The second-order valence-corrected chi connectivity index (χ2v) is 6.61. The van der Waals surface area contributed by atoms with Crippen LogP contribution in [0.25, 0.3) is 11.3 Å². The van der Waals surface area contributed by atoms with Crippen LogP contribution in [0, 0.1) is 6.92 Å². The van der Waals surface area contributed by atoms with Crippen LogP contribution in [0.15, 0.2) is 60.7 Å². The fraction of sp³-hybridized carbons (Fsp3) is 0.182. The Bertz CT molecular complexity index is 993. The number of nitrogen functional groups attached to an aromatic ring is 1. The van der Waals surface area contributed by atoms with Crippen molar-refractivity contribution in [1.82, 2.24) is 15.2 Å². The van der Waals surface area contributed by atoms with Crippen LogP contribution < -0.4 is 16.4 Å². The van der Waals surface area contributed by atoms with Gasteiger partial charge in [0, 0.05) is 37.1 Å². The van der Waals surface area contributed by atoms with E-state index in [2.05, 4.69) is 10.6 Å². The number of aryl methyl sites for hydroxylation is 1. The normalized spacial score (nSPS) is 10.5. The van der Waals surface area contributed by atoms with Crippen LogP contribution in [0.2, 0.25) is 0 Å². The Morgan fingerprint density at radius 2 is 1.61 bits per heavy atom. The fourth-order valence-electron chi connectivity index (χ4n) is 2.96. The van der Waals surface area contributed by atoms with Crippen LogP contribution in [-0.2, 0) is 7.05 Å². The van der Waals surface area contributed by atoms with Crippen molar-refractivity contribution in [1.29, 1.82) is 0 Å². The van der Waals surface area contributed by atoms with E-state index in [-0.39, 0.29) is 11.8 Å². The largest absolute Gasteiger partial charge is 0.398 e. The molecule has 0 aliphatic heterocycles. The van der Waals surface area contributed by atoms with E-state index in [0.717, 1.165) is 16.8 Å². The first-order chi connectivity index (χ1) is 13.5. The van der Waals surface area contributed by atoms with E-state index in [0.29, 0.717) is 30.0 Å². The molecule has 144 valence electrons. The summed E-state index contributed by atoms with van der Waals surface area (Å²) in [6.45, 7) is 2.55. The van der Waals surface area contributed by atoms with E-state index >= 15 is 0 Å². The van der Waals surface area contributed by atoms with Crippen LogP contribution in [0.3, 0.4) is 0 Å². The minimum absolute atomic E-state index is 0.182. The lowest BCUT2D eigenvalue weighted by Gasteiger charge is -2.10. The van der Waals surface area contributed by atoms with E-state index in [1.54, 1.807) is 18.2 Å². The van der Waals surface area contributed by atoms with Crippen LogP contribution >= 0.6 is 0 Å². The fourth-order valence-corrected chi connectivity index (χ4v) is 2.96. The summed E-state index contributed by atoms with van der Waals surface area (Å²) < 4.78 is 1.86. The monoisotopic (exact) mass is 376 g/mol. The van der Waals surface area contributed by atoms with Gasteiger partial charge in [-0.15, -0.1) is 0 Å². The molecule has 0 spiro atoms. The standard InChI is InChI=1S/C22H24N4O2/c1-15-8-9-17(14-18(15)23)21(27)24-12-13-25-22(28)20-11-10-19(26(20)2)16-6-4-3-5-7-16/h3-11,14H,12-13,23H2,1-2H3,(H,24,27)(H,25,28). The number of carbonyl (C=O) groups is 2. The molecule has 2 aromatic carbocycles. The number of aromatic nitrogens is 1. The molecule has 1 aromatic heterocycles. The molecular weight excluding hydrogens is 352 g/mol. The van der Waals surface area contributed by atoms with Gasteiger partial charge in [0.25, 0.3) is 11.8 Å². The average molecular weight is 376 g/mol. The molecular formula is C22H24N4O2. The first-order valence-electron chi connectivity index (χ1n) is 9.11. The molecule has 3 rings (SSSR count). The molecule has 1 heterocycles. The third kappa shape index (κ3) is 4.23. The molecule has 0 aliphatic carbocycles. The Morgan fingerprint density at radius 1 is 0.929 bits per heavy atom. The number of hydrogen-bond acceptors (Lipinski definition) is 3. The Kier molecular flexibility index (Phi) is 5.79. The molecule has 0 unspecified atom stereocenters. The molecule has 0 bridgehead atoms. The molecule has 0 saturated carbocycles. The van der Waals surface area contributed by atoms with Crippen LogP contribution in [0.1, 0.15) is 26.4 Å². The van der Waals surface area contributed by atoms with Gasteiger partial charge in [-0.3, -0.25) is 9.59 Å². The number of nitrogens with one attached hydrogen (secondary N) is 2. The van der Waals surface area contributed by atoms with Crippen molar-refractivity contribution in [2.75, 3.05) is 18.8 Å². The number of rotatable bonds is 6. The lowest BCUT2D eigenvalue weighted by molar-refractivity contribution is 0.0923. The molecule has 0 radical (unpaired) electrons. The van der Waals surface area contributed by atoms with Crippen molar-refractivity contribution in [3.63, 3.8) is 0 Å². The third-order valence-electron chi connectivity index (χ3n) is 4.66. The van der Waals surface area contributed by atoms with Gasteiger partial charge in [0.1, 0.15) is 5.69 Å². The van der Waals surface area contributed by atoms with E-state index in [1.165, 1.54) is 0 Å². The summed E-state index contributed by atoms with van der Waals surface area (Å²) in [6.07, 6.45) is 0. The van der Waals surface area contributed by atoms with Crippen molar-refractivity contribution < 1.29 is 9.59 Å². The molecule has 0 aliphatic rings. The number of nitrogens with two attached hydrogens (primary N) is 1. The molecule has 3 aromatic rings. The summed E-state index contributed by atoms with van der Waals surface area (Å²) >= 11 is 0. The van der Waals surface area contributed by atoms with Crippen molar-refractivity contribution in [3.8, 4) is 11.3 Å². The highest BCUT2D eigenvalue weighted by atomic mass is 16.2. The summed E-state index contributed by atoms with van der Waals surface area (Å²) in [7, 11) is 1.86. The number of hydrogen-bond donors (Lipinski definition) is 3. The first-order valence-corrected chi connectivity index (χ1v) is 9.11. The topological polar surface area (TPSA) is 89.2 Å². The first kappa shape index (κ1) is 19.2. The molecule has 28 heavy (non-hydrogen) atoms. The number of carbonyl (C=O) groups excluding carboxylic acids is 2. The SMILES string of the molecule is Cc1ccc(C(=O)NCCNC(=O)c2ccc(-c3ccccc3)n2C)cc1N. The van der Waals surface area contributed by atoms with Gasteiger partial charge < -0.3 is 20.9 Å². The number of amides is 2. The Morgan fingerprint density at radius 3 is 2.29 bits per heavy atom. The minimum Gasteiger partial charge on any atom is -0.398 e. The van der Waals surface area contributed by atoms with Gasteiger partial charge in [0.05, 0.1) is 0 Å². The number of nitrogens with zero attached hydrogens (tertiary/aromatic N) is 1. The quantitative estimate of drug-likeness (QED) is 0.456. The zero-order chi connectivity index (χ0) is 20.1. The molecule has 0 atom stereocenters. The summed E-state index contributed by atoms with van der Waals surface area (Å²) in [6, 6.07) is 18.8. The van der Waals surface area contributed by atoms with E-state index < -0.39 is 0 Å². The summed E-state index contributed by atoms with van der Waals surface area (Å²) in [4.78, 5) is 24.6. The average Bonchev–Trinajstić information content (AvgIpc) is 3.09. The lowest BCUT2D eigenvalue weighted by atomic mass is 10.1. The molecule has 4 N–H and O–H groups in total. The van der Waals surface area contributed by atoms with Crippen molar-refractivity contribution in [2.24, 2.45) is 7.05 Å². The smallest absolute Gasteiger partial charge is 0.267 e. The number of anilines is 1. The maximum atomic E-state index is 12.4. The van der Waals surface area contributed by atoms with Gasteiger partial charge in [0.2, 0.25) is 0 Å². The number of benzene rings is 2. The maximum Gasteiger partial charge on any atom is 0.267 e. The lowest BCUT2D eigenvalue weighted by Crippen LogP contribution is -2.35. The van der Waals surface area contributed by atoms with E-state index in [1.807, 2.05) is 61.0 Å². The third-order valence-corrected chi connectivity index (χ3v) is 4.66. The molecule has 6 nitrogen and oxygen atoms in total. The van der Waals surface area contributed by atoms with Gasteiger partial charge in [-0.1, -0.05) is 36.4 Å². The molecule has 0 fully saturated rings. The van der Waals surface area contributed by atoms with Gasteiger partial charge >= 0.3 is 0 Å². The van der Waals surface area contributed by atoms with E-state index in [9.17, 15) is 9.59 Å². The maximum absolute atomic E-state index is 12.4. The zero-order valence-electron chi connectivity index (χ0n) is 16.0. The van der Waals surface area contributed by atoms with Gasteiger partial charge in [0.15, 0.2) is 0 Å². The molecule has 2 amide bonds. The van der Waals surface area contributed by atoms with Gasteiger partial charge in [-0.25, -0.2) is 0 Å². The predicted molar refractivity (Wildman–Crippen MR) is 111 cm³/mol. The summed E-state index contributed by atoms with van der Waals surface area (Å²) in [5.74, 6) is -0.398. The second kappa shape index (κ2) is 8.43. The highest BCUT2D eigenvalue weighted by Gasteiger charge is 2.13. The predicted octanol–water partition coefficient (Wildman–Crippen LogP) is 2.74. The molecule has 6 heteroatoms. The van der Waals surface area contributed by atoms with Crippen molar-refractivity contribution in [2.45, 2.75) is 6.92 Å². The Hall–Kier alpha value is -3.54. The van der Waals surface area contributed by atoms with Crippen LogP contribution in [-0.4, -0.2) is 29.5 Å². The van der Waals surface area contributed by atoms with Crippen molar-refractivity contribution >= 4 is 17.5 Å². The second-order valence-electron chi connectivity index (χ2n) is 6.61. The van der Waals surface area contributed by atoms with Crippen molar-refractivity contribution in [3.05, 3.63) is 77.5 Å². The van der Waals surface area contributed by atoms with Gasteiger partial charge in [-0.2, -0.15) is 0 Å². The van der Waals surface area contributed by atoms with Crippen LogP contribution in [0.4, 0.5) is 5.69 Å². The minimum atomic E-state index is -0.217. The Labute approximate surface area is 164 Å². The molecule has 0 saturated heterocycles. The van der Waals surface area contributed by atoms with Crippen LogP contribution in [0.5, 0.6) is 0 Å². The van der Waals surface area contributed by atoms with Gasteiger partial charge in [-0.05, 0) is 42.3 Å².